The van der Waals surface area contributed by atoms with E-state index < -0.39 is 9.84 Å². The SMILES string of the molecule is CS(=O)(=O)CCCNC1CCc2cc(N)ccc21. The van der Waals surface area contributed by atoms with Crippen LogP contribution in [0.5, 0.6) is 0 Å². The first-order valence-corrected chi connectivity index (χ1v) is 8.31. The minimum atomic E-state index is -2.84. The van der Waals surface area contributed by atoms with Crippen LogP contribution in [0.2, 0.25) is 0 Å². The van der Waals surface area contributed by atoms with E-state index in [9.17, 15) is 8.42 Å². The van der Waals surface area contributed by atoms with Crippen molar-refractivity contribution in [1.82, 2.24) is 5.32 Å². The molecule has 1 aliphatic carbocycles. The van der Waals surface area contributed by atoms with E-state index in [-0.39, 0.29) is 5.75 Å². The molecule has 2 rings (SSSR count). The number of anilines is 1. The zero-order chi connectivity index (χ0) is 13.2. The van der Waals surface area contributed by atoms with E-state index in [2.05, 4.69) is 11.4 Å². The van der Waals surface area contributed by atoms with Crippen LogP contribution in [0.25, 0.3) is 0 Å². The van der Waals surface area contributed by atoms with Crippen molar-refractivity contribution in [2.45, 2.75) is 25.3 Å². The molecule has 4 nitrogen and oxygen atoms in total. The largest absolute Gasteiger partial charge is 0.399 e. The summed E-state index contributed by atoms with van der Waals surface area (Å²) in [6.07, 6.45) is 4.06. The molecule has 1 aliphatic rings. The maximum atomic E-state index is 11.0. The Hall–Kier alpha value is -1.07. The van der Waals surface area contributed by atoms with E-state index in [0.29, 0.717) is 12.5 Å². The summed E-state index contributed by atoms with van der Waals surface area (Å²) >= 11 is 0. The Bertz CT molecular complexity index is 526. The highest BCUT2D eigenvalue weighted by Crippen LogP contribution is 2.32. The van der Waals surface area contributed by atoms with Crippen LogP contribution in [0.15, 0.2) is 18.2 Å². The van der Waals surface area contributed by atoms with Gasteiger partial charge in [-0.2, -0.15) is 0 Å². The van der Waals surface area contributed by atoms with Gasteiger partial charge in [0.25, 0.3) is 0 Å². The van der Waals surface area contributed by atoms with Crippen molar-refractivity contribution in [3.05, 3.63) is 29.3 Å². The van der Waals surface area contributed by atoms with E-state index in [1.807, 2.05) is 12.1 Å². The Labute approximate surface area is 108 Å². The van der Waals surface area contributed by atoms with E-state index in [4.69, 9.17) is 5.73 Å². The van der Waals surface area contributed by atoms with Gasteiger partial charge in [0.2, 0.25) is 0 Å². The van der Waals surface area contributed by atoms with E-state index in [1.165, 1.54) is 17.4 Å². The Balaban J connectivity index is 1.87. The van der Waals surface area contributed by atoms with Gasteiger partial charge in [0.05, 0.1) is 5.75 Å². The fourth-order valence-electron chi connectivity index (χ4n) is 2.46. The molecular weight excluding hydrogens is 248 g/mol. The molecule has 0 saturated carbocycles. The summed E-state index contributed by atoms with van der Waals surface area (Å²) in [5.74, 6) is 0.251. The molecule has 1 aromatic rings. The summed E-state index contributed by atoms with van der Waals surface area (Å²) < 4.78 is 22.0. The highest BCUT2D eigenvalue weighted by Gasteiger charge is 2.21. The van der Waals surface area contributed by atoms with Gasteiger partial charge in [-0.25, -0.2) is 8.42 Å². The smallest absolute Gasteiger partial charge is 0.147 e. The average Bonchev–Trinajstić information content (AvgIpc) is 2.65. The highest BCUT2D eigenvalue weighted by atomic mass is 32.2. The number of hydrogen-bond donors (Lipinski definition) is 2. The topological polar surface area (TPSA) is 72.2 Å². The van der Waals surface area contributed by atoms with Gasteiger partial charge < -0.3 is 11.1 Å². The van der Waals surface area contributed by atoms with Gasteiger partial charge in [-0.05, 0) is 49.1 Å². The number of rotatable bonds is 5. The molecule has 0 spiro atoms. The van der Waals surface area contributed by atoms with Gasteiger partial charge in [-0.1, -0.05) is 6.07 Å². The van der Waals surface area contributed by atoms with E-state index in [0.717, 1.165) is 25.1 Å². The Morgan fingerprint density at radius 2 is 2.22 bits per heavy atom. The van der Waals surface area contributed by atoms with Gasteiger partial charge >= 0.3 is 0 Å². The zero-order valence-corrected chi connectivity index (χ0v) is 11.5. The van der Waals surface area contributed by atoms with Crippen LogP contribution in [0.3, 0.4) is 0 Å². The standard InChI is InChI=1S/C13H20N2O2S/c1-18(16,17)8-2-7-15-13-6-3-10-9-11(14)4-5-12(10)13/h4-5,9,13,15H,2-3,6-8,14H2,1H3. The summed E-state index contributed by atoms with van der Waals surface area (Å²) in [5, 5.41) is 3.42. The molecule has 18 heavy (non-hydrogen) atoms. The predicted molar refractivity (Wildman–Crippen MR) is 74.2 cm³/mol. The second kappa shape index (κ2) is 5.28. The number of aryl methyl sites for hydroxylation is 1. The van der Waals surface area contributed by atoms with Gasteiger partial charge in [-0.15, -0.1) is 0 Å². The third-order valence-electron chi connectivity index (χ3n) is 3.33. The summed E-state index contributed by atoms with van der Waals surface area (Å²) in [6, 6.07) is 6.38. The van der Waals surface area contributed by atoms with Crippen LogP contribution in [0.4, 0.5) is 5.69 Å². The molecule has 1 unspecified atom stereocenters. The lowest BCUT2D eigenvalue weighted by Crippen LogP contribution is -2.22. The molecule has 100 valence electrons. The molecule has 0 fully saturated rings. The summed E-state index contributed by atoms with van der Waals surface area (Å²) in [7, 11) is -2.84. The number of fused-ring (bicyclic) bond motifs is 1. The third kappa shape index (κ3) is 3.46. The van der Waals surface area contributed by atoms with Gasteiger partial charge in [-0.3, -0.25) is 0 Å². The normalized spacial score (nSPS) is 18.8. The molecule has 0 radical (unpaired) electrons. The first-order chi connectivity index (χ1) is 8.46. The maximum Gasteiger partial charge on any atom is 0.147 e. The number of sulfone groups is 1. The summed E-state index contributed by atoms with van der Waals surface area (Å²) in [6.45, 7) is 0.738. The van der Waals surface area contributed by atoms with Crippen molar-refractivity contribution in [3.63, 3.8) is 0 Å². The lowest BCUT2D eigenvalue weighted by Gasteiger charge is -2.13. The van der Waals surface area contributed by atoms with Crippen molar-refractivity contribution in [2.24, 2.45) is 0 Å². The molecule has 0 heterocycles. The van der Waals surface area contributed by atoms with Crippen molar-refractivity contribution in [1.29, 1.82) is 0 Å². The lowest BCUT2D eigenvalue weighted by atomic mass is 10.1. The van der Waals surface area contributed by atoms with Crippen molar-refractivity contribution in [2.75, 3.05) is 24.3 Å². The molecule has 1 atom stereocenters. The minimum Gasteiger partial charge on any atom is -0.399 e. The molecule has 0 saturated heterocycles. The van der Waals surface area contributed by atoms with Crippen LogP contribution in [-0.2, 0) is 16.3 Å². The van der Waals surface area contributed by atoms with E-state index >= 15 is 0 Å². The molecule has 0 amide bonds. The number of hydrogen-bond acceptors (Lipinski definition) is 4. The fourth-order valence-corrected chi connectivity index (χ4v) is 3.13. The first-order valence-electron chi connectivity index (χ1n) is 6.25. The summed E-state index contributed by atoms with van der Waals surface area (Å²) in [5.41, 5.74) is 9.19. The molecule has 1 aromatic carbocycles. The highest BCUT2D eigenvalue weighted by molar-refractivity contribution is 7.90. The quantitative estimate of drug-likeness (QED) is 0.623. The lowest BCUT2D eigenvalue weighted by molar-refractivity contribution is 0.526. The second-order valence-corrected chi connectivity index (χ2v) is 7.25. The monoisotopic (exact) mass is 268 g/mol. The Kier molecular flexibility index (Phi) is 3.92. The molecule has 3 N–H and O–H groups in total. The van der Waals surface area contributed by atoms with Crippen LogP contribution >= 0.6 is 0 Å². The Morgan fingerprint density at radius 1 is 1.44 bits per heavy atom. The predicted octanol–water partition coefficient (Wildman–Crippen LogP) is 1.28. The van der Waals surface area contributed by atoms with Gasteiger partial charge in [0.15, 0.2) is 0 Å². The number of nitrogen functional groups attached to an aromatic ring is 1. The maximum absolute atomic E-state index is 11.0. The van der Waals surface area contributed by atoms with Crippen LogP contribution in [-0.4, -0.2) is 27.0 Å². The van der Waals surface area contributed by atoms with Crippen LogP contribution in [0.1, 0.15) is 30.0 Å². The molecular formula is C13H20N2O2S. The molecule has 0 aliphatic heterocycles. The zero-order valence-electron chi connectivity index (χ0n) is 10.6. The summed E-state index contributed by atoms with van der Waals surface area (Å²) in [4.78, 5) is 0. The van der Waals surface area contributed by atoms with E-state index in [1.54, 1.807) is 0 Å². The van der Waals surface area contributed by atoms with Crippen molar-refractivity contribution in [3.8, 4) is 0 Å². The second-order valence-electron chi connectivity index (χ2n) is 4.99. The Morgan fingerprint density at radius 3 is 2.94 bits per heavy atom. The van der Waals surface area contributed by atoms with Gasteiger partial charge in [0.1, 0.15) is 9.84 Å². The third-order valence-corrected chi connectivity index (χ3v) is 4.36. The van der Waals surface area contributed by atoms with Crippen LogP contribution in [0, 0.1) is 0 Å². The number of benzene rings is 1. The molecule has 5 heteroatoms. The molecule has 0 aromatic heterocycles. The van der Waals surface area contributed by atoms with Crippen molar-refractivity contribution < 1.29 is 8.42 Å². The molecule has 0 bridgehead atoms. The first kappa shape index (κ1) is 13.4. The average molecular weight is 268 g/mol. The van der Waals surface area contributed by atoms with Gasteiger partial charge in [0, 0.05) is 18.0 Å². The van der Waals surface area contributed by atoms with Crippen LogP contribution < -0.4 is 11.1 Å². The fraction of sp³-hybridized carbons (Fsp3) is 0.538. The minimum absolute atomic E-state index is 0.251. The number of nitrogens with one attached hydrogen (secondary N) is 1. The number of nitrogens with two attached hydrogens (primary N) is 1. The van der Waals surface area contributed by atoms with Crippen molar-refractivity contribution >= 4 is 15.5 Å².